The summed E-state index contributed by atoms with van der Waals surface area (Å²) < 4.78 is 1.90. The van der Waals surface area contributed by atoms with Crippen molar-refractivity contribution in [2.75, 3.05) is 13.6 Å². The number of nitrogens with zero attached hydrogens (tertiary/aromatic N) is 2. The average molecular weight is 241 g/mol. The van der Waals surface area contributed by atoms with Crippen molar-refractivity contribution in [2.24, 2.45) is 0 Å². The molecule has 0 unspecified atom stereocenters. The highest BCUT2D eigenvalue weighted by molar-refractivity contribution is 5.52. The van der Waals surface area contributed by atoms with Crippen molar-refractivity contribution in [3.63, 3.8) is 0 Å². The van der Waals surface area contributed by atoms with Crippen molar-refractivity contribution < 1.29 is 0 Å². The molecule has 0 atom stereocenters. The van der Waals surface area contributed by atoms with E-state index in [1.807, 2.05) is 36.1 Å². The molecule has 1 aromatic heterocycles. The molecule has 0 radical (unpaired) electrons. The van der Waals surface area contributed by atoms with E-state index in [2.05, 4.69) is 41.7 Å². The van der Waals surface area contributed by atoms with Gasteiger partial charge in [-0.25, -0.2) is 4.68 Å². The third-order valence-electron chi connectivity index (χ3n) is 2.85. The normalized spacial score (nSPS) is 11.8. The minimum Gasteiger partial charge on any atom is -0.316 e. The van der Waals surface area contributed by atoms with E-state index in [-0.39, 0.29) is 0 Å². The molecule has 0 amide bonds. The molecule has 2 aromatic rings. The van der Waals surface area contributed by atoms with E-state index < -0.39 is 0 Å². The highest BCUT2D eigenvalue weighted by atomic mass is 15.3. The summed E-state index contributed by atoms with van der Waals surface area (Å²) in [4.78, 5) is 0. The van der Waals surface area contributed by atoms with Crippen LogP contribution in [0.15, 0.2) is 48.3 Å². The number of para-hydroxylation sites is 1. The molecule has 2 rings (SSSR count). The van der Waals surface area contributed by atoms with Gasteiger partial charge in [-0.3, -0.25) is 0 Å². The van der Waals surface area contributed by atoms with Gasteiger partial charge in [0.15, 0.2) is 0 Å². The van der Waals surface area contributed by atoms with Gasteiger partial charge >= 0.3 is 0 Å². The maximum atomic E-state index is 4.39. The molecule has 0 aliphatic rings. The Balaban J connectivity index is 2.20. The molecule has 1 N–H and O–H groups in total. The Morgan fingerprint density at radius 2 is 2.11 bits per heavy atom. The lowest BCUT2D eigenvalue weighted by Crippen LogP contribution is -2.09. The zero-order valence-corrected chi connectivity index (χ0v) is 10.9. The van der Waals surface area contributed by atoms with Gasteiger partial charge in [-0.05, 0) is 25.6 Å². The smallest absolute Gasteiger partial charge is 0.0645 e. The number of rotatable bonds is 5. The Labute approximate surface area is 108 Å². The first kappa shape index (κ1) is 12.6. The van der Waals surface area contributed by atoms with Crippen LogP contribution < -0.4 is 5.32 Å². The number of likely N-dealkylation sites (N-methyl/N-ethyl adjacent to an activating group) is 1. The second kappa shape index (κ2) is 6.17. The van der Waals surface area contributed by atoms with Crippen molar-refractivity contribution in [3.8, 4) is 5.69 Å². The molecule has 18 heavy (non-hydrogen) atoms. The van der Waals surface area contributed by atoms with Gasteiger partial charge in [-0.1, -0.05) is 36.8 Å². The van der Waals surface area contributed by atoms with Crippen molar-refractivity contribution in [2.45, 2.75) is 13.3 Å². The third-order valence-corrected chi connectivity index (χ3v) is 2.85. The molecule has 0 aliphatic heterocycles. The highest BCUT2D eigenvalue weighted by Crippen LogP contribution is 2.11. The van der Waals surface area contributed by atoms with Crippen LogP contribution in [0.5, 0.6) is 0 Å². The summed E-state index contributed by atoms with van der Waals surface area (Å²) in [6.07, 6.45) is 7.21. The van der Waals surface area contributed by atoms with E-state index in [1.165, 1.54) is 5.57 Å². The fourth-order valence-corrected chi connectivity index (χ4v) is 1.87. The Morgan fingerprint density at radius 1 is 1.33 bits per heavy atom. The molecule has 0 bridgehead atoms. The number of nitrogens with one attached hydrogen (secondary N) is 1. The molecule has 3 nitrogen and oxygen atoms in total. The van der Waals surface area contributed by atoms with E-state index in [9.17, 15) is 0 Å². The monoisotopic (exact) mass is 241 g/mol. The van der Waals surface area contributed by atoms with E-state index in [0.29, 0.717) is 0 Å². The van der Waals surface area contributed by atoms with Crippen molar-refractivity contribution in [1.82, 2.24) is 15.1 Å². The van der Waals surface area contributed by atoms with Gasteiger partial charge in [0.05, 0.1) is 11.9 Å². The second-order valence-electron chi connectivity index (χ2n) is 4.24. The van der Waals surface area contributed by atoms with E-state index in [4.69, 9.17) is 0 Å². The van der Waals surface area contributed by atoms with Crippen LogP contribution in [0.25, 0.3) is 11.8 Å². The van der Waals surface area contributed by atoms with Gasteiger partial charge in [0.2, 0.25) is 0 Å². The Bertz CT molecular complexity index is 512. The van der Waals surface area contributed by atoms with Crippen LogP contribution in [-0.2, 0) is 0 Å². The average Bonchev–Trinajstić information content (AvgIpc) is 2.88. The number of hydrogen-bond acceptors (Lipinski definition) is 2. The summed E-state index contributed by atoms with van der Waals surface area (Å²) in [5.74, 6) is 0. The maximum Gasteiger partial charge on any atom is 0.0645 e. The van der Waals surface area contributed by atoms with Crippen LogP contribution in [-0.4, -0.2) is 23.4 Å². The van der Waals surface area contributed by atoms with Crippen molar-refractivity contribution in [3.05, 3.63) is 53.9 Å². The van der Waals surface area contributed by atoms with Crippen LogP contribution in [0.3, 0.4) is 0 Å². The summed E-state index contributed by atoms with van der Waals surface area (Å²) in [7, 11) is 1.97. The lowest BCUT2D eigenvalue weighted by atomic mass is 10.1. The molecule has 0 saturated heterocycles. The molecule has 1 heterocycles. The van der Waals surface area contributed by atoms with Crippen LogP contribution >= 0.6 is 0 Å². The molecule has 0 aliphatic carbocycles. The van der Waals surface area contributed by atoms with E-state index >= 15 is 0 Å². The Kier molecular flexibility index (Phi) is 4.31. The SMILES string of the molecule is CCC(=Cc1cnn(-c2ccccc2)c1)CNC. The summed E-state index contributed by atoms with van der Waals surface area (Å²) in [6, 6.07) is 10.1. The van der Waals surface area contributed by atoms with Crippen molar-refractivity contribution in [1.29, 1.82) is 0 Å². The molecular formula is C15H19N3. The fourth-order valence-electron chi connectivity index (χ4n) is 1.87. The van der Waals surface area contributed by atoms with Gasteiger partial charge in [0.1, 0.15) is 0 Å². The molecule has 3 heteroatoms. The summed E-state index contributed by atoms with van der Waals surface area (Å²) in [6.45, 7) is 3.10. The van der Waals surface area contributed by atoms with Gasteiger partial charge in [-0.2, -0.15) is 5.10 Å². The second-order valence-corrected chi connectivity index (χ2v) is 4.24. The largest absolute Gasteiger partial charge is 0.316 e. The first-order chi connectivity index (χ1) is 8.83. The Morgan fingerprint density at radius 3 is 2.78 bits per heavy atom. The van der Waals surface area contributed by atoms with Gasteiger partial charge < -0.3 is 5.32 Å². The molecule has 1 aromatic carbocycles. The van der Waals surface area contributed by atoms with Gasteiger partial charge in [0, 0.05) is 18.3 Å². The van der Waals surface area contributed by atoms with Crippen LogP contribution in [0.2, 0.25) is 0 Å². The predicted molar refractivity (Wildman–Crippen MR) is 75.8 cm³/mol. The van der Waals surface area contributed by atoms with Crippen LogP contribution in [0.4, 0.5) is 0 Å². The van der Waals surface area contributed by atoms with E-state index in [0.717, 1.165) is 24.2 Å². The van der Waals surface area contributed by atoms with Crippen LogP contribution in [0.1, 0.15) is 18.9 Å². The summed E-state index contributed by atoms with van der Waals surface area (Å²) in [5.41, 5.74) is 3.61. The number of benzene rings is 1. The fraction of sp³-hybridized carbons (Fsp3) is 0.267. The Hall–Kier alpha value is -1.87. The minimum absolute atomic E-state index is 0.924. The van der Waals surface area contributed by atoms with Crippen molar-refractivity contribution >= 4 is 6.08 Å². The zero-order chi connectivity index (χ0) is 12.8. The third kappa shape index (κ3) is 3.08. The van der Waals surface area contributed by atoms with Gasteiger partial charge in [-0.15, -0.1) is 0 Å². The molecule has 0 spiro atoms. The quantitative estimate of drug-likeness (QED) is 0.872. The molecular weight excluding hydrogens is 222 g/mol. The number of aromatic nitrogens is 2. The zero-order valence-electron chi connectivity index (χ0n) is 10.9. The number of hydrogen-bond donors (Lipinski definition) is 1. The topological polar surface area (TPSA) is 29.9 Å². The first-order valence-corrected chi connectivity index (χ1v) is 6.27. The minimum atomic E-state index is 0.924. The molecule has 94 valence electrons. The highest BCUT2D eigenvalue weighted by Gasteiger charge is 1.99. The molecule has 0 fully saturated rings. The van der Waals surface area contributed by atoms with Crippen LogP contribution in [0, 0.1) is 0 Å². The standard InChI is InChI=1S/C15H19N3/c1-3-13(10-16-2)9-14-11-17-18(12-14)15-7-5-4-6-8-15/h4-9,11-12,16H,3,10H2,1-2H3. The summed E-state index contributed by atoms with van der Waals surface area (Å²) >= 11 is 0. The lowest BCUT2D eigenvalue weighted by Gasteiger charge is -2.02. The molecule has 0 saturated carbocycles. The van der Waals surface area contributed by atoms with E-state index in [1.54, 1.807) is 0 Å². The lowest BCUT2D eigenvalue weighted by molar-refractivity contribution is 0.851. The maximum absolute atomic E-state index is 4.39. The first-order valence-electron chi connectivity index (χ1n) is 6.27. The summed E-state index contributed by atoms with van der Waals surface area (Å²) in [5, 5.41) is 7.57. The predicted octanol–water partition coefficient (Wildman–Crippen LogP) is 2.89. The van der Waals surface area contributed by atoms with Gasteiger partial charge in [0.25, 0.3) is 0 Å².